The van der Waals surface area contributed by atoms with Crippen molar-refractivity contribution in [2.75, 3.05) is 12.2 Å². The molecule has 0 saturated carbocycles. The van der Waals surface area contributed by atoms with Crippen LogP contribution in [-0.2, 0) is 0 Å². The smallest absolute Gasteiger partial charge is 0.132 e. The Hall–Kier alpha value is 0.01000. The maximum atomic E-state index is 5.82. The third-order valence-electron chi connectivity index (χ3n) is 1.35. The summed E-state index contributed by atoms with van der Waals surface area (Å²) in [5.41, 5.74) is 0. The molecule has 0 aliphatic rings. The largest absolute Gasteiger partial charge is 0.496 e. The van der Waals surface area contributed by atoms with Crippen molar-refractivity contribution < 1.29 is 4.74 Å². The van der Waals surface area contributed by atoms with E-state index in [1.807, 2.05) is 18.2 Å². The quantitative estimate of drug-likeness (QED) is 0.476. The molecule has 0 aromatic heterocycles. The van der Waals surface area contributed by atoms with Crippen LogP contribution in [0.1, 0.15) is 0 Å². The molecule has 4 heteroatoms. The Morgan fingerprint density at radius 2 is 2.33 bits per heavy atom. The Bertz CT molecular complexity index is 265. The highest BCUT2D eigenvalue weighted by Crippen LogP contribution is 2.31. The molecule has 0 saturated heterocycles. The molecule has 0 spiro atoms. The van der Waals surface area contributed by atoms with Gasteiger partial charge < -0.3 is 4.74 Å². The molecule has 1 aromatic carbocycles. The molecule has 1 nitrogen and oxygen atoms in total. The summed E-state index contributed by atoms with van der Waals surface area (Å²) < 4.78 is 5.14. The van der Waals surface area contributed by atoms with Crippen LogP contribution in [0.25, 0.3) is 0 Å². The van der Waals surface area contributed by atoms with E-state index in [-0.39, 0.29) is 0 Å². The first-order valence-corrected chi connectivity index (χ1v) is 5.34. The molecule has 0 bridgehead atoms. The minimum atomic E-state index is 0.719. The van der Waals surface area contributed by atoms with Crippen LogP contribution in [0.5, 0.6) is 5.75 Å². The fourth-order valence-electron chi connectivity index (χ4n) is 0.833. The van der Waals surface area contributed by atoms with Crippen LogP contribution in [0.4, 0.5) is 0 Å². The number of methoxy groups -OCH3 is 1. The zero-order chi connectivity index (χ0) is 8.97. The lowest BCUT2D eigenvalue weighted by molar-refractivity contribution is 0.405. The molecular weight excluding hydrogens is 212 g/mol. The minimum Gasteiger partial charge on any atom is -0.496 e. The van der Waals surface area contributed by atoms with E-state index >= 15 is 0 Å². The van der Waals surface area contributed by atoms with Gasteiger partial charge in [-0.3, -0.25) is 0 Å². The standard InChI is InChI=1S/C8H9ClOS2/c1-10-7-3-2-6(9)4-8(7)12-5-11/h2-4,11H,5H2,1H3. The van der Waals surface area contributed by atoms with Gasteiger partial charge in [0.25, 0.3) is 0 Å². The first-order valence-electron chi connectivity index (χ1n) is 3.35. The predicted octanol–water partition coefficient (Wildman–Crippen LogP) is 3.33. The topological polar surface area (TPSA) is 9.23 Å². The van der Waals surface area contributed by atoms with Gasteiger partial charge in [0.15, 0.2) is 0 Å². The first kappa shape index (κ1) is 10.1. The molecule has 0 unspecified atom stereocenters. The number of rotatable bonds is 3. The van der Waals surface area contributed by atoms with Crippen molar-refractivity contribution in [3.63, 3.8) is 0 Å². The summed E-state index contributed by atoms with van der Waals surface area (Å²) >= 11 is 11.5. The van der Waals surface area contributed by atoms with E-state index in [0.717, 1.165) is 20.8 Å². The van der Waals surface area contributed by atoms with Gasteiger partial charge in [-0.1, -0.05) is 11.6 Å². The lowest BCUT2D eigenvalue weighted by atomic mass is 10.3. The summed E-state index contributed by atoms with van der Waals surface area (Å²) in [6.07, 6.45) is 0. The van der Waals surface area contributed by atoms with Crippen LogP contribution < -0.4 is 4.74 Å². The summed E-state index contributed by atoms with van der Waals surface area (Å²) in [5.74, 6) is 0.846. The van der Waals surface area contributed by atoms with Crippen molar-refractivity contribution in [2.45, 2.75) is 4.90 Å². The fourth-order valence-corrected chi connectivity index (χ4v) is 2.13. The van der Waals surface area contributed by atoms with Gasteiger partial charge in [0.1, 0.15) is 5.75 Å². The van der Waals surface area contributed by atoms with E-state index in [4.69, 9.17) is 16.3 Å². The third kappa shape index (κ3) is 2.51. The van der Waals surface area contributed by atoms with Crippen molar-refractivity contribution in [1.29, 1.82) is 0 Å². The normalized spacial score (nSPS) is 9.92. The second kappa shape index (κ2) is 4.90. The summed E-state index contributed by atoms with van der Waals surface area (Å²) in [6, 6.07) is 5.54. The van der Waals surface area contributed by atoms with E-state index in [1.54, 1.807) is 18.9 Å². The van der Waals surface area contributed by atoms with Gasteiger partial charge in [-0.25, -0.2) is 0 Å². The highest BCUT2D eigenvalue weighted by atomic mass is 35.5. The zero-order valence-electron chi connectivity index (χ0n) is 6.58. The Morgan fingerprint density at radius 3 is 2.92 bits per heavy atom. The van der Waals surface area contributed by atoms with E-state index in [9.17, 15) is 0 Å². The number of ether oxygens (including phenoxy) is 1. The van der Waals surface area contributed by atoms with Crippen molar-refractivity contribution in [3.8, 4) is 5.75 Å². The van der Waals surface area contributed by atoms with Crippen LogP contribution in [0.15, 0.2) is 23.1 Å². The van der Waals surface area contributed by atoms with Crippen molar-refractivity contribution in [3.05, 3.63) is 23.2 Å². The van der Waals surface area contributed by atoms with Crippen molar-refractivity contribution in [1.82, 2.24) is 0 Å². The molecule has 0 aliphatic heterocycles. The maximum Gasteiger partial charge on any atom is 0.132 e. The van der Waals surface area contributed by atoms with Crippen LogP contribution in [0.2, 0.25) is 5.02 Å². The first-order chi connectivity index (χ1) is 5.77. The van der Waals surface area contributed by atoms with Crippen molar-refractivity contribution >= 4 is 36.0 Å². The van der Waals surface area contributed by atoms with E-state index < -0.39 is 0 Å². The predicted molar refractivity (Wildman–Crippen MR) is 57.7 cm³/mol. The van der Waals surface area contributed by atoms with Gasteiger partial charge in [0.2, 0.25) is 0 Å². The molecule has 0 aliphatic carbocycles. The lowest BCUT2D eigenvalue weighted by Crippen LogP contribution is -1.85. The van der Waals surface area contributed by atoms with Gasteiger partial charge in [0, 0.05) is 10.1 Å². The third-order valence-corrected chi connectivity index (χ3v) is 2.73. The molecule has 0 fully saturated rings. The van der Waals surface area contributed by atoms with E-state index in [2.05, 4.69) is 12.6 Å². The molecule has 0 atom stereocenters. The fraction of sp³-hybridized carbons (Fsp3) is 0.250. The van der Waals surface area contributed by atoms with E-state index in [1.165, 1.54) is 0 Å². The molecule has 66 valence electrons. The molecular formula is C8H9ClOS2. The Kier molecular flexibility index (Phi) is 4.12. The number of thioether (sulfide) groups is 1. The molecule has 1 rings (SSSR count). The molecule has 0 radical (unpaired) electrons. The average Bonchev–Trinajstić information content (AvgIpc) is 2.05. The molecule has 12 heavy (non-hydrogen) atoms. The monoisotopic (exact) mass is 220 g/mol. The second-order valence-electron chi connectivity index (χ2n) is 2.07. The SMILES string of the molecule is COc1ccc(Cl)cc1SCS. The Morgan fingerprint density at radius 1 is 1.58 bits per heavy atom. The zero-order valence-corrected chi connectivity index (χ0v) is 9.05. The second-order valence-corrected chi connectivity index (χ2v) is 4.27. The summed E-state index contributed by atoms with van der Waals surface area (Å²) in [6.45, 7) is 0. The van der Waals surface area contributed by atoms with E-state index in [0.29, 0.717) is 0 Å². The molecule has 0 N–H and O–H groups in total. The highest BCUT2D eigenvalue weighted by molar-refractivity contribution is 8.09. The average molecular weight is 221 g/mol. The van der Waals surface area contributed by atoms with Gasteiger partial charge in [-0.15, -0.1) is 11.8 Å². The minimum absolute atomic E-state index is 0.719. The van der Waals surface area contributed by atoms with Crippen LogP contribution >= 0.6 is 36.0 Å². The highest BCUT2D eigenvalue weighted by Gasteiger charge is 2.02. The van der Waals surface area contributed by atoms with Gasteiger partial charge in [-0.05, 0) is 18.2 Å². The maximum absolute atomic E-state index is 5.82. The molecule has 0 heterocycles. The van der Waals surface area contributed by atoms with Crippen LogP contribution in [0.3, 0.4) is 0 Å². The lowest BCUT2D eigenvalue weighted by Gasteiger charge is -2.06. The summed E-state index contributed by atoms with van der Waals surface area (Å²) in [7, 11) is 1.64. The number of hydrogen-bond acceptors (Lipinski definition) is 3. The number of thiol groups is 1. The molecule has 0 amide bonds. The van der Waals surface area contributed by atoms with Crippen LogP contribution in [-0.4, -0.2) is 12.2 Å². The summed E-state index contributed by atoms with van der Waals surface area (Å²) in [4.78, 5) is 1.03. The number of benzene rings is 1. The van der Waals surface area contributed by atoms with Gasteiger partial charge >= 0.3 is 0 Å². The van der Waals surface area contributed by atoms with Crippen LogP contribution in [0, 0.1) is 0 Å². The number of halogens is 1. The number of hydrogen-bond donors (Lipinski definition) is 1. The Labute approximate surface area is 86.9 Å². The molecule has 1 aromatic rings. The Balaban J connectivity index is 2.95. The van der Waals surface area contributed by atoms with Crippen molar-refractivity contribution in [2.24, 2.45) is 0 Å². The summed E-state index contributed by atoms with van der Waals surface area (Å²) in [5, 5.41) is 1.44. The van der Waals surface area contributed by atoms with Gasteiger partial charge in [0.05, 0.1) is 12.0 Å². The van der Waals surface area contributed by atoms with Gasteiger partial charge in [-0.2, -0.15) is 12.6 Å².